The molecule has 0 bridgehead atoms. The number of rotatable bonds is 5. The molecule has 20 heavy (non-hydrogen) atoms. The number of nitrogens with zero attached hydrogens (tertiary/aromatic N) is 2. The van der Waals surface area contributed by atoms with Crippen molar-refractivity contribution < 1.29 is 9.72 Å². The molecule has 2 rings (SSSR count). The summed E-state index contributed by atoms with van der Waals surface area (Å²) in [5.74, 6) is 0.634. The van der Waals surface area contributed by atoms with Gasteiger partial charge in [-0.15, -0.1) is 0 Å². The lowest BCUT2D eigenvalue weighted by atomic mass is 10.0. The number of nitro groups is 1. The summed E-state index contributed by atoms with van der Waals surface area (Å²) < 4.78 is 0. The van der Waals surface area contributed by atoms with E-state index in [9.17, 15) is 14.9 Å². The first-order chi connectivity index (χ1) is 9.58. The van der Waals surface area contributed by atoms with E-state index >= 15 is 0 Å². The molecule has 1 saturated heterocycles. The highest BCUT2D eigenvalue weighted by molar-refractivity contribution is 5.92. The molecule has 1 N–H and O–H groups in total. The van der Waals surface area contributed by atoms with E-state index in [-0.39, 0.29) is 11.6 Å². The smallest absolute Gasteiger partial charge is 0.269 e. The molecule has 1 aromatic rings. The van der Waals surface area contributed by atoms with Crippen molar-refractivity contribution in [3.05, 3.63) is 34.4 Å². The topological polar surface area (TPSA) is 75.5 Å². The van der Waals surface area contributed by atoms with Gasteiger partial charge >= 0.3 is 0 Å². The first-order valence-corrected chi connectivity index (χ1v) is 6.79. The molecule has 6 nitrogen and oxygen atoms in total. The number of hydrogen-bond donors (Lipinski definition) is 1. The molecule has 0 saturated carbocycles. The van der Waals surface area contributed by atoms with Gasteiger partial charge in [-0.1, -0.05) is 0 Å². The minimum absolute atomic E-state index is 0.0339. The van der Waals surface area contributed by atoms with Crippen LogP contribution in [0.4, 0.5) is 11.4 Å². The van der Waals surface area contributed by atoms with E-state index in [1.807, 2.05) is 0 Å². The summed E-state index contributed by atoms with van der Waals surface area (Å²) in [5.41, 5.74) is 0.719. The fourth-order valence-corrected chi connectivity index (χ4v) is 2.40. The van der Waals surface area contributed by atoms with Gasteiger partial charge < -0.3 is 10.2 Å². The van der Waals surface area contributed by atoms with E-state index in [4.69, 9.17) is 0 Å². The quantitative estimate of drug-likeness (QED) is 0.659. The lowest BCUT2D eigenvalue weighted by Gasteiger charge is -2.18. The molecule has 0 spiro atoms. The van der Waals surface area contributed by atoms with Crippen LogP contribution in [0.15, 0.2) is 24.3 Å². The molecule has 1 aliphatic heterocycles. The van der Waals surface area contributed by atoms with Crippen molar-refractivity contribution in [2.24, 2.45) is 5.92 Å². The van der Waals surface area contributed by atoms with E-state index in [0.29, 0.717) is 18.0 Å². The van der Waals surface area contributed by atoms with Crippen LogP contribution in [0.1, 0.15) is 19.3 Å². The normalized spacial score (nSPS) is 17.9. The Hall–Kier alpha value is -1.95. The molecular weight excluding hydrogens is 258 g/mol. The molecule has 1 aliphatic rings. The number of amides is 1. The number of non-ortho nitro benzene ring substituents is 1. The summed E-state index contributed by atoms with van der Waals surface area (Å²) in [6.45, 7) is 2.03. The molecular formula is C14H19N3O3. The second kappa shape index (κ2) is 6.47. The zero-order valence-corrected chi connectivity index (χ0v) is 11.5. The Balaban J connectivity index is 1.90. The predicted octanol–water partition coefficient (Wildman–Crippen LogP) is 1.95. The number of hydrogen-bond acceptors (Lipinski definition) is 4. The number of nitrogens with one attached hydrogen (secondary N) is 1. The van der Waals surface area contributed by atoms with Gasteiger partial charge in [0, 0.05) is 31.3 Å². The van der Waals surface area contributed by atoms with E-state index < -0.39 is 4.92 Å². The van der Waals surface area contributed by atoms with Crippen LogP contribution in [0.3, 0.4) is 0 Å². The van der Waals surface area contributed by atoms with Gasteiger partial charge in [-0.25, -0.2) is 0 Å². The average Bonchev–Trinajstić information content (AvgIpc) is 2.97. The highest BCUT2D eigenvalue weighted by atomic mass is 16.6. The Kier molecular flexibility index (Phi) is 4.68. The van der Waals surface area contributed by atoms with Gasteiger partial charge in [-0.05, 0) is 44.0 Å². The van der Waals surface area contributed by atoms with E-state index in [1.165, 1.54) is 12.1 Å². The van der Waals surface area contributed by atoms with E-state index in [0.717, 1.165) is 25.9 Å². The Bertz CT molecular complexity index is 481. The maximum absolute atomic E-state index is 12.1. The van der Waals surface area contributed by atoms with Crippen LogP contribution in [0, 0.1) is 16.0 Å². The number of carbonyl (C=O) groups excluding carboxylic acids is 1. The lowest BCUT2D eigenvalue weighted by molar-refractivity contribution is -0.384. The van der Waals surface area contributed by atoms with Crippen LogP contribution in [0.25, 0.3) is 0 Å². The summed E-state index contributed by atoms with van der Waals surface area (Å²) in [4.78, 5) is 23.8. The van der Waals surface area contributed by atoms with E-state index in [2.05, 4.69) is 5.32 Å². The third-order valence-corrected chi connectivity index (χ3v) is 3.75. The zero-order valence-electron chi connectivity index (χ0n) is 11.5. The molecule has 108 valence electrons. The third-order valence-electron chi connectivity index (χ3n) is 3.75. The summed E-state index contributed by atoms with van der Waals surface area (Å²) in [5, 5.41) is 13.9. The van der Waals surface area contributed by atoms with Crippen molar-refractivity contribution in [2.45, 2.75) is 19.3 Å². The Morgan fingerprint density at radius 3 is 2.70 bits per heavy atom. The maximum atomic E-state index is 12.1. The van der Waals surface area contributed by atoms with Gasteiger partial charge in [0.2, 0.25) is 5.91 Å². The molecule has 1 unspecified atom stereocenters. The van der Waals surface area contributed by atoms with Crippen LogP contribution in [-0.2, 0) is 4.79 Å². The third kappa shape index (κ3) is 3.54. The first-order valence-electron chi connectivity index (χ1n) is 6.79. The standard InChI is InChI=1S/C14H19N3O3/c1-16(12-3-5-13(6-4-12)17(19)20)14(18)7-2-11-8-9-15-10-11/h3-6,11,15H,2,7-10H2,1H3. The summed E-state index contributed by atoms with van der Waals surface area (Å²) in [7, 11) is 1.70. The SMILES string of the molecule is CN(C(=O)CCC1CCNC1)c1ccc([N+](=O)[O-])cc1. The number of carbonyl (C=O) groups is 1. The highest BCUT2D eigenvalue weighted by Gasteiger charge is 2.18. The number of anilines is 1. The minimum Gasteiger partial charge on any atom is -0.316 e. The summed E-state index contributed by atoms with van der Waals surface area (Å²) in [6.07, 6.45) is 2.54. The molecule has 0 aromatic heterocycles. The molecule has 1 atom stereocenters. The van der Waals surface area contributed by atoms with Crippen molar-refractivity contribution in [1.82, 2.24) is 5.32 Å². The van der Waals surface area contributed by atoms with Gasteiger partial charge in [0.05, 0.1) is 4.92 Å². The van der Waals surface area contributed by atoms with Crippen molar-refractivity contribution in [3.63, 3.8) is 0 Å². The average molecular weight is 277 g/mol. The monoisotopic (exact) mass is 277 g/mol. The van der Waals surface area contributed by atoms with Crippen LogP contribution >= 0.6 is 0 Å². The molecule has 6 heteroatoms. The molecule has 1 aromatic carbocycles. The molecule has 1 heterocycles. The molecule has 1 fully saturated rings. The number of nitro benzene ring substituents is 1. The number of benzene rings is 1. The van der Waals surface area contributed by atoms with Gasteiger partial charge in [0.25, 0.3) is 5.69 Å². The van der Waals surface area contributed by atoms with E-state index in [1.54, 1.807) is 24.1 Å². The van der Waals surface area contributed by atoms with Crippen LogP contribution in [-0.4, -0.2) is 31.0 Å². The van der Waals surface area contributed by atoms with Crippen molar-refractivity contribution >= 4 is 17.3 Å². The Labute approximate surface area is 117 Å². The maximum Gasteiger partial charge on any atom is 0.269 e. The van der Waals surface area contributed by atoms with Gasteiger partial charge in [0.15, 0.2) is 0 Å². The van der Waals surface area contributed by atoms with Gasteiger partial charge in [-0.3, -0.25) is 14.9 Å². The highest BCUT2D eigenvalue weighted by Crippen LogP contribution is 2.20. The van der Waals surface area contributed by atoms with Crippen molar-refractivity contribution in [1.29, 1.82) is 0 Å². The van der Waals surface area contributed by atoms with Crippen LogP contribution < -0.4 is 10.2 Å². The second-order valence-corrected chi connectivity index (χ2v) is 5.12. The fourth-order valence-electron chi connectivity index (χ4n) is 2.40. The molecule has 0 aliphatic carbocycles. The fraction of sp³-hybridized carbons (Fsp3) is 0.500. The minimum atomic E-state index is -0.446. The lowest BCUT2D eigenvalue weighted by Crippen LogP contribution is -2.26. The Morgan fingerprint density at radius 1 is 1.45 bits per heavy atom. The van der Waals surface area contributed by atoms with Crippen LogP contribution in [0.2, 0.25) is 0 Å². The predicted molar refractivity (Wildman–Crippen MR) is 76.7 cm³/mol. The van der Waals surface area contributed by atoms with Gasteiger partial charge in [-0.2, -0.15) is 0 Å². The van der Waals surface area contributed by atoms with Crippen molar-refractivity contribution in [3.8, 4) is 0 Å². The summed E-state index contributed by atoms with van der Waals surface area (Å²) in [6, 6.07) is 6.04. The largest absolute Gasteiger partial charge is 0.316 e. The first kappa shape index (κ1) is 14.5. The summed E-state index contributed by atoms with van der Waals surface area (Å²) >= 11 is 0. The van der Waals surface area contributed by atoms with Crippen molar-refractivity contribution in [2.75, 3.05) is 25.0 Å². The molecule has 1 amide bonds. The van der Waals surface area contributed by atoms with Gasteiger partial charge in [0.1, 0.15) is 0 Å². The second-order valence-electron chi connectivity index (χ2n) is 5.12. The van der Waals surface area contributed by atoms with Crippen LogP contribution in [0.5, 0.6) is 0 Å². The molecule has 0 radical (unpaired) electrons. The zero-order chi connectivity index (χ0) is 14.5. The Morgan fingerprint density at radius 2 is 2.15 bits per heavy atom.